The molecule has 4 nitrogen and oxygen atoms in total. The molecule has 106 valence electrons. The van der Waals surface area contributed by atoms with Crippen molar-refractivity contribution >= 4 is 5.91 Å². The average Bonchev–Trinajstić information content (AvgIpc) is 2.53. The standard InChI is InChI=1S/C17H16N2O2/c1-2-19-17(20)13-8-5-9-16(10-13)21-12-15-7-4-3-6-14(15)11-18/h3-10H,2,12H2,1H3,(H,19,20). The number of amides is 1. The van der Waals surface area contributed by atoms with E-state index in [2.05, 4.69) is 11.4 Å². The van der Waals surface area contributed by atoms with E-state index in [1.165, 1.54) is 0 Å². The highest BCUT2D eigenvalue weighted by atomic mass is 16.5. The molecule has 0 saturated heterocycles. The molecule has 0 heterocycles. The number of nitrogens with zero attached hydrogens (tertiary/aromatic N) is 1. The zero-order valence-electron chi connectivity index (χ0n) is 11.8. The quantitative estimate of drug-likeness (QED) is 0.916. The summed E-state index contributed by atoms with van der Waals surface area (Å²) in [5, 5.41) is 11.8. The smallest absolute Gasteiger partial charge is 0.251 e. The maximum absolute atomic E-state index is 11.8. The molecule has 0 aliphatic rings. The highest BCUT2D eigenvalue weighted by Crippen LogP contribution is 2.16. The summed E-state index contributed by atoms with van der Waals surface area (Å²) in [4.78, 5) is 11.8. The van der Waals surface area contributed by atoms with Crippen molar-refractivity contribution in [2.24, 2.45) is 0 Å². The van der Waals surface area contributed by atoms with Gasteiger partial charge in [0.05, 0.1) is 11.6 Å². The number of carbonyl (C=O) groups is 1. The van der Waals surface area contributed by atoms with Gasteiger partial charge in [-0.15, -0.1) is 0 Å². The maximum Gasteiger partial charge on any atom is 0.251 e. The third-order valence-electron chi connectivity index (χ3n) is 2.97. The van der Waals surface area contributed by atoms with E-state index in [0.29, 0.717) is 30.0 Å². The summed E-state index contributed by atoms with van der Waals surface area (Å²) in [6, 6.07) is 16.4. The van der Waals surface area contributed by atoms with E-state index >= 15 is 0 Å². The molecule has 2 aromatic carbocycles. The van der Waals surface area contributed by atoms with Crippen LogP contribution in [0.4, 0.5) is 0 Å². The third kappa shape index (κ3) is 3.83. The van der Waals surface area contributed by atoms with Crippen molar-refractivity contribution in [3.05, 3.63) is 65.2 Å². The fraction of sp³-hybridized carbons (Fsp3) is 0.176. The number of benzene rings is 2. The van der Waals surface area contributed by atoms with E-state index in [0.717, 1.165) is 5.56 Å². The summed E-state index contributed by atoms with van der Waals surface area (Å²) < 4.78 is 5.67. The van der Waals surface area contributed by atoms with Crippen LogP contribution < -0.4 is 10.1 Å². The Morgan fingerprint density at radius 1 is 1.24 bits per heavy atom. The Morgan fingerprint density at radius 3 is 2.81 bits per heavy atom. The molecule has 0 spiro atoms. The lowest BCUT2D eigenvalue weighted by Gasteiger charge is -2.09. The molecule has 1 amide bonds. The Balaban J connectivity index is 2.09. The lowest BCUT2D eigenvalue weighted by atomic mass is 10.1. The van der Waals surface area contributed by atoms with E-state index in [1.807, 2.05) is 25.1 Å². The molecular weight excluding hydrogens is 264 g/mol. The molecular formula is C17H16N2O2. The third-order valence-corrected chi connectivity index (χ3v) is 2.97. The van der Waals surface area contributed by atoms with Gasteiger partial charge in [0.1, 0.15) is 12.4 Å². The number of nitriles is 1. The van der Waals surface area contributed by atoms with Crippen molar-refractivity contribution in [3.63, 3.8) is 0 Å². The predicted octanol–water partition coefficient (Wildman–Crippen LogP) is 2.89. The summed E-state index contributed by atoms with van der Waals surface area (Å²) >= 11 is 0. The van der Waals surface area contributed by atoms with Crippen molar-refractivity contribution in [1.29, 1.82) is 5.26 Å². The van der Waals surface area contributed by atoms with Gasteiger partial charge in [-0.3, -0.25) is 4.79 Å². The molecule has 4 heteroatoms. The minimum atomic E-state index is -0.125. The molecule has 0 atom stereocenters. The van der Waals surface area contributed by atoms with E-state index in [9.17, 15) is 4.79 Å². The van der Waals surface area contributed by atoms with Gasteiger partial charge in [0.2, 0.25) is 0 Å². The molecule has 1 N–H and O–H groups in total. The van der Waals surface area contributed by atoms with Gasteiger partial charge in [-0.25, -0.2) is 0 Å². The molecule has 0 saturated carbocycles. The second kappa shape index (κ2) is 7.11. The predicted molar refractivity (Wildman–Crippen MR) is 79.9 cm³/mol. The van der Waals surface area contributed by atoms with E-state index in [4.69, 9.17) is 10.00 Å². The van der Waals surface area contributed by atoms with Gasteiger partial charge in [-0.2, -0.15) is 5.26 Å². The second-order valence-electron chi connectivity index (χ2n) is 4.44. The van der Waals surface area contributed by atoms with E-state index in [1.54, 1.807) is 30.3 Å². The van der Waals surface area contributed by atoms with Crippen LogP contribution in [0.5, 0.6) is 5.75 Å². The van der Waals surface area contributed by atoms with Crippen molar-refractivity contribution in [3.8, 4) is 11.8 Å². The first-order valence-electron chi connectivity index (χ1n) is 6.73. The molecule has 0 aliphatic heterocycles. The van der Waals surface area contributed by atoms with Crippen LogP contribution in [-0.2, 0) is 6.61 Å². The van der Waals surface area contributed by atoms with Crippen molar-refractivity contribution < 1.29 is 9.53 Å². The number of hydrogen-bond acceptors (Lipinski definition) is 3. The van der Waals surface area contributed by atoms with Gasteiger partial charge in [0.25, 0.3) is 5.91 Å². The Labute approximate surface area is 124 Å². The minimum Gasteiger partial charge on any atom is -0.489 e. The number of nitrogens with one attached hydrogen (secondary N) is 1. The highest BCUT2D eigenvalue weighted by molar-refractivity contribution is 5.94. The van der Waals surface area contributed by atoms with Gasteiger partial charge in [0.15, 0.2) is 0 Å². The van der Waals surface area contributed by atoms with Crippen LogP contribution >= 0.6 is 0 Å². The Hall–Kier alpha value is -2.80. The van der Waals surface area contributed by atoms with Crippen LogP contribution in [0.25, 0.3) is 0 Å². The molecule has 0 unspecified atom stereocenters. The molecule has 0 fully saturated rings. The summed E-state index contributed by atoms with van der Waals surface area (Å²) in [7, 11) is 0. The van der Waals surface area contributed by atoms with E-state index in [-0.39, 0.29) is 5.91 Å². The monoisotopic (exact) mass is 280 g/mol. The zero-order chi connectivity index (χ0) is 15.1. The molecule has 0 aromatic heterocycles. The number of hydrogen-bond donors (Lipinski definition) is 1. The Bertz CT molecular complexity index is 674. The normalized spacial score (nSPS) is 9.71. The van der Waals surface area contributed by atoms with Gasteiger partial charge in [0, 0.05) is 17.7 Å². The molecule has 0 radical (unpaired) electrons. The number of carbonyl (C=O) groups excluding carboxylic acids is 1. The largest absolute Gasteiger partial charge is 0.489 e. The lowest BCUT2D eigenvalue weighted by molar-refractivity contribution is 0.0955. The molecule has 2 rings (SSSR count). The summed E-state index contributed by atoms with van der Waals surface area (Å²) in [6.07, 6.45) is 0. The second-order valence-corrected chi connectivity index (χ2v) is 4.44. The minimum absolute atomic E-state index is 0.125. The topological polar surface area (TPSA) is 62.1 Å². The average molecular weight is 280 g/mol. The van der Waals surface area contributed by atoms with Crippen LogP contribution in [0.3, 0.4) is 0 Å². The SMILES string of the molecule is CCNC(=O)c1cccc(OCc2ccccc2C#N)c1. The lowest BCUT2D eigenvalue weighted by Crippen LogP contribution is -2.22. The first-order valence-corrected chi connectivity index (χ1v) is 6.73. The fourth-order valence-corrected chi connectivity index (χ4v) is 1.91. The van der Waals surface area contributed by atoms with Gasteiger partial charge in [-0.05, 0) is 31.2 Å². The van der Waals surface area contributed by atoms with E-state index < -0.39 is 0 Å². The van der Waals surface area contributed by atoms with Crippen molar-refractivity contribution in [2.75, 3.05) is 6.54 Å². The number of rotatable bonds is 5. The van der Waals surface area contributed by atoms with Crippen molar-refractivity contribution in [2.45, 2.75) is 13.5 Å². The molecule has 21 heavy (non-hydrogen) atoms. The van der Waals surface area contributed by atoms with Crippen LogP contribution in [0.15, 0.2) is 48.5 Å². The highest BCUT2D eigenvalue weighted by Gasteiger charge is 2.06. The fourth-order valence-electron chi connectivity index (χ4n) is 1.91. The first-order chi connectivity index (χ1) is 10.2. The summed E-state index contributed by atoms with van der Waals surface area (Å²) in [6.45, 7) is 2.75. The van der Waals surface area contributed by atoms with Crippen LogP contribution in [0, 0.1) is 11.3 Å². The summed E-state index contributed by atoms with van der Waals surface area (Å²) in [5.41, 5.74) is 1.98. The van der Waals surface area contributed by atoms with Gasteiger partial charge in [-0.1, -0.05) is 24.3 Å². The van der Waals surface area contributed by atoms with Crippen molar-refractivity contribution in [1.82, 2.24) is 5.32 Å². The molecule has 0 aliphatic carbocycles. The molecule has 2 aromatic rings. The number of ether oxygens (including phenoxy) is 1. The zero-order valence-corrected chi connectivity index (χ0v) is 11.8. The Kier molecular flexibility index (Phi) is 4.94. The summed E-state index contributed by atoms with van der Waals surface area (Å²) in [5.74, 6) is 0.479. The van der Waals surface area contributed by atoms with Crippen LogP contribution in [0.2, 0.25) is 0 Å². The maximum atomic E-state index is 11.8. The van der Waals surface area contributed by atoms with Crippen LogP contribution in [-0.4, -0.2) is 12.5 Å². The van der Waals surface area contributed by atoms with Gasteiger partial charge >= 0.3 is 0 Å². The first kappa shape index (κ1) is 14.6. The van der Waals surface area contributed by atoms with Crippen LogP contribution in [0.1, 0.15) is 28.4 Å². The molecule has 0 bridgehead atoms. The van der Waals surface area contributed by atoms with Gasteiger partial charge < -0.3 is 10.1 Å². The Morgan fingerprint density at radius 2 is 2.05 bits per heavy atom.